The molecule has 5 nitrogen and oxygen atoms in total. The summed E-state index contributed by atoms with van der Waals surface area (Å²) >= 11 is 5.66. The van der Waals surface area contributed by atoms with Crippen LogP contribution in [-0.2, 0) is 0 Å². The zero-order valence-electron chi connectivity index (χ0n) is 11.3. The maximum Gasteiger partial charge on any atom is 0.295 e. The Balaban J connectivity index is 3.01. The van der Waals surface area contributed by atoms with Gasteiger partial charge in [0.15, 0.2) is 0 Å². The van der Waals surface area contributed by atoms with Crippen LogP contribution in [0.3, 0.4) is 0 Å². The van der Waals surface area contributed by atoms with Crippen molar-refractivity contribution in [2.24, 2.45) is 0 Å². The van der Waals surface area contributed by atoms with Crippen LogP contribution in [0, 0.1) is 15.9 Å². The van der Waals surface area contributed by atoms with Crippen LogP contribution < -0.4 is 5.32 Å². The molecular weight excluding hydrogens is 273 g/mol. The van der Waals surface area contributed by atoms with Crippen molar-refractivity contribution in [2.45, 2.75) is 19.4 Å². The molecule has 1 rings (SSSR count). The molecule has 1 aromatic rings. The van der Waals surface area contributed by atoms with Gasteiger partial charge in [-0.05, 0) is 34.0 Å². The molecule has 1 aromatic carbocycles. The number of hydrogen-bond acceptors (Lipinski definition) is 4. The number of halogens is 2. The van der Waals surface area contributed by atoms with E-state index < -0.39 is 10.7 Å². The third-order valence-electron chi connectivity index (χ3n) is 3.16. The first-order chi connectivity index (χ1) is 8.65. The van der Waals surface area contributed by atoms with Gasteiger partial charge in [0.2, 0.25) is 0 Å². The normalized spacial score (nSPS) is 11.7. The van der Waals surface area contributed by atoms with E-state index in [4.69, 9.17) is 11.6 Å². The number of nitrogens with zero attached hydrogens (tertiary/aromatic N) is 2. The first kappa shape index (κ1) is 15.7. The van der Waals surface area contributed by atoms with E-state index in [0.717, 1.165) is 6.07 Å². The highest BCUT2D eigenvalue weighted by Gasteiger charge is 2.23. The predicted octanol–water partition coefficient (Wildman–Crippen LogP) is 3.14. The Bertz CT molecular complexity index is 492. The molecule has 0 aliphatic carbocycles. The van der Waals surface area contributed by atoms with Gasteiger partial charge in [0.25, 0.3) is 5.69 Å². The van der Waals surface area contributed by atoms with Gasteiger partial charge in [0.1, 0.15) is 11.5 Å². The van der Waals surface area contributed by atoms with E-state index in [1.165, 1.54) is 6.07 Å². The van der Waals surface area contributed by atoms with Gasteiger partial charge >= 0.3 is 0 Å². The van der Waals surface area contributed by atoms with E-state index in [9.17, 15) is 14.5 Å². The minimum absolute atomic E-state index is 0.143. The average Bonchev–Trinajstić information content (AvgIpc) is 2.29. The number of benzene rings is 1. The molecule has 1 N–H and O–H groups in total. The molecule has 0 radical (unpaired) electrons. The molecule has 0 heterocycles. The molecule has 0 aliphatic rings. The van der Waals surface area contributed by atoms with Crippen molar-refractivity contribution < 1.29 is 9.31 Å². The van der Waals surface area contributed by atoms with Crippen molar-refractivity contribution in [2.75, 3.05) is 26.0 Å². The highest BCUT2D eigenvalue weighted by Crippen LogP contribution is 2.30. The maximum atomic E-state index is 13.2. The van der Waals surface area contributed by atoms with Crippen LogP contribution in [0.4, 0.5) is 15.8 Å². The van der Waals surface area contributed by atoms with Crippen molar-refractivity contribution in [3.05, 3.63) is 33.1 Å². The Morgan fingerprint density at radius 3 is 2.53 bits per heavy atom. The van der Waals surface area contributed by atoms with Gasteiger partial charge in [0.05, 0.1) is 16.0 Å². The fourth-order valence-corrected chi connectivity index (χ4v) is 1.46. The van der Waals surface area contributed by atoms with Gasteiger partial charge in [-0.25, -0.2) is 4.39 Å². The largest absolute Gasteiger partial charge is 0.378 e. The lowest BCUT2D eigenvalue weighted by Gasteiger charge is -2.32. The van der Waals surface area contributed by atoms with Gasteiger partial charge in [-0.2, -0.15) is 0 Å². The summed E-state index contributed by atoms with van der Waals surface area (Å²) in [6.07, 6.45) is 0. The molecule has 0 saturated carbocycles. The minimum atomic E-state index is -0.800. The molecule has 0 saturated heterocycles. The number of nitrogens with one attached hydrogen (secondary N) is 1. The number of anilines is 1. The summed E-state index contributed by atoms with van der Waals surface area (Å²) in [4.78, 5) is 12.2. The Hall–Kier alpha value is -1.40. The predicted molar refractivity (Wildman–Crippen MR) is 74.3 cm³/mol. The third-order valence-corrected chi connectivity index (χ3v) is 3.45. The van der Waals surface area contributed by atoms with Crippen LogP contribution in [0.1, 0.15) is 13.8 Å². The highest BCUT2D eigenvalue weighted by atomic mass is 35.5. The summed E-state index contributed by atoms with van der Waals surface area (Å²) in [7, 11) is 3.82. The van der Waals surface area contributed by atoms with Crippen LogP contribution in [-0.4, -0.2) is 36.0 Å². The minimum Gasteiger partial charge on any atom is -0.378 e. The summed E-state index contributed by atoms with van der Waals surface area (Å²) in [6.45, 7) is 4.43. The zero-order chi connectivity index (χ0) is 14.8. The van der Waals surface area contributed by atoms with E-state index in [-0.39, 0.29) is 21.9 Å². The van der Waals surface area contributed by atoms with Crippen molar-refractivity contribution in [1.29, 1.82) is 0 Å². The van der Waals surface area contributed by atoms with Crippen LogP contribution in [0.5, 0.6) is 0 Å². The van der Waals surface area contributed by atoms with Gasteiger partial charge in [-0.3, -0.25) is 10.1 Å². The molecule has 0 spiro atoms. The second-order valence-corrected chi connectivity index (χ2v) is 5.51. The second kappa shape index (κ2) is 5.71. The summed E-state index contributed by atoms with van der Waals surface area (Å²) < 4.78 is 13.2. The lowest BCUT2D eigenvalue weighted by Crippen LogP contribution is -2.44. The summed E-state index contributed by atoms with van der Waals surface area (Å²) in [5.74, 6) is -0.800. The topological polar surface area (TPSA) is 58.4 Å². The number of hydrogen-bond donors (Lipinski definition) is 1. The molecule has 0 bridgehead atoms. The Kier molecular flexibility index (Phi) is 4.70. The summed E-state index contributed by atoms with van der Waals surface area (Å²) in [6, 6.07) is 2.06. The highest BCUT2D eigenvalue weighted by molar-refractivity contribution is 6.31. The molecule has 0 atom stereocenters. The molecule has 0 fully saturated rings. The van der Waals surface area contributed by atoms with E-state index in [2.05, 4.69) is 5.32 Å². The van der Waals surface area contributed by atoms with Gasteiger partial charge in [-0.15, -0.1) is 0 Å². The molecule has 7 heteroatoms. The van der Waals surface area contributed by atoms with Crippen LogP contribution in [0.25, 0.3) is 0 Å². The van der Waals surface area contributed by atoms with Gasteiger partial charge in [0, 0.05) is 12.1 Å². The molecule has 0 aliphatic heterocycles. The molecule has 0 unspecified atom stereocenters. The molecule has 0 amide bonds. The number of likely N-dealkylation sites (N-methyl/N-ethyl adjacent to an activating group) is 1. The van der Waals surface area contributed by atoms with E-state index >= 15 is 0 Å². The lowest BCUT2D eigenvalue weighted by atomic mass is 10.0. The van der Waals surface area contributed by atoms with Crippen LogP contribution >= 0.6 is 11.6 Å². The van der Waals surface area contributed by atoms with E-state index in [1.807, 2.05) is 32.8 Å². The van der Waals surface area contributed by atoms with Crippen molar-refractivity contribution in [3.63, 3.8) is 0 Å². The second-order valence-electron chi connectivity index (χ2n) is 5.10. The first-order valence-electron chi connectivity index (χ1n) is 5.70. The summed E-state index contributed by atoms with van der Waals surface area (Å²) in [5.41, 5.74) is -0.322. The number of nitro groups is 1. The van der Waals surface area contributed by atoms with Gasteiger partial charge in [-0.1, -0.05) is 11.6 Å². The summed E-state index contributed by atoms with van der Waals surface area (Å²) in [5, 5.41) is 13.7. The van der Waals surface area contributed by atoms with Crippen LogP contribution in [0.15, 0.2) is 12.1 Å². The molecule has 0 aromatic heterocycles. The van der Waals surface area contributed by atoms with Crippen molar-refractivity contribution >= 4 is 23.0 Å². The standard InChI is InChI=1S/C12H17ClFN3O2/c1-12(2,16(3)4)7-15-10-5-8(13)9(14)6-11(10)17(18)19/h5-6,15H,7H2,1-4H3. The zero-order valence-corrected chi connectivity index (χ0v) is 12.1. The lowest BCUT2D eigenvalue weighted by molar-refractivity contribution is -0.384. The molecule has 106 valence electrons. The molecular formula is C12H17ClFN3O2. The van der Waals surface area contributed by atoms with Gasteiger partial charge < -0.3 is 10.2 Å². The Labute approximate surface area is 116 Å². The monoisotopic (exact) mass is 289 g/mol. The average molecular weight is 290 g/mol. The SMILES string of the molecule is CN(C)C(C)(C)CNc1cc(Cl)c(F)cc1[N+](=O)[O-]. The quantitative estimate of drug-likeness (QED) is 0.668. The first-order valence-corrected chi connectivity index (χ1v) is 6.07. The maximum absolute atomic E-state index is 13.2. The Morgan fingerprint density at radius 2 is 2.05 bits per heavy atom. The van der Waals surface area contributed by atoms with E-state index in [0.29, 0.717) is 6.54 Å². The molecule has 19 heavy (non-hydrogen) atoms. The fraction of sp³-hybridized carbons (Fsp3) is 0.500. The number of rotatable bonds is 5. The number of nitro benzene ring substituents is 1. The van der Waals surface area contributed by atoms with Crippen molar-refractivity contribution in [1.82, 2.24) is 4.90 Å². The van der Waals surface area contributed by atoms with Crippen molar-refractivity contribution in [3.8, 4) is 0 Å². The fourth-order valence-electron chi connectivity index (χ4n) is 1.30. The third kappa shape index (κ3) is 3.78. The van der Waals surface area contributed by atoms with Crippen LogP contribution in [0.2, 0.25) is 5.02 Å². The Morgan fingerprint density at radius 1 is 1.47 bits per heavy atom. The van der Waals surface area contributed by atoms with E-state index in [1.54, 1.807) is 0 Å². The smallest absolute Gasteiger partial charge is 0.295 e.